The fourth-order valence-corrected chi connectivity index (χ4v) is 2.21. The lowest BCUT2D eigenvalue weighted by Gasteiger charge is -2.10. The number of esters is 2. The van der Waals surface area contributed by atoms with Gasteiger partial charge in [0.15, 0.2) is 0 Å². The summed E-state index contributed by atoms with van der Waals surface area (Å²) in [5, 5.41) is 2.60. The highest BCUT2D eigenvalue weighted by atomic mass is 16.5. The van der Waals surface area contributed by atoms with Crippen molar-refractivity contribution >= 4 is 23.5 Å². The molecule has 2 aromatic carbocycles. The van der Waals surface area contributed by atoms with Gasteiger partial charge in [-0.1, -0.05) is 24.3 Å². The number of benzene rings is 2. The third kappa shape index (κ3) is 5.44. The Labute approximate surface area is 152 Å². The van der Waals surface area contributed by atoms with Crippen molar-refractivity contribution in [1.82, 2.24) is 0 Å². The Morgan fingerprint density at radius 1 is 0.962 bits per heavy atom. The van der Waals surface area contributed by atoms with Gasteiger partial charge in [0.25, 0.3) is 0 Å². The van der Waals surface area contributed by atoms with E-state index in [1.54, 1.807) is 62.4 Å². The Kier molecular flexibility index (Phi) is 6.49. The molecule has 1 amide bonds. The van der Waals surface area contributed by atoms with Crippen molar-refractivity contribution in [2.24, 2.45) is 0 Å². The third-order valence-corrected chi connectivity index (χ3v) is 3.36. The summed E-state index contributed by atoms with van der Waals surface area (Å²) >= 11 is 0. The first-order valence-corrected chi connectivity index (χ1v) is 8.20. The van der Waals surface area contributed by atoms with E-state index >= 15 is 0 Å². The summed E-state index contributed by atoms with van der Waals surface area (Å²) in [4.78, 5) is 35.3. The van der Waals surface area contributed by atoms with Crippen LogP contribution in [0.1, 0.15) is 47.1 Å². The highest BCUT2D eigenvalue weighted by Crippen LogP contribution is 2.17. The van der Waals surface area contributed by atoms with Gasteiger partial charge in [-0.05, 0) is 43.7 Å². The van der Waals surface area contributed by atoms with Crippen LogP contribution in [0.3, 0.4) is 0 Å². The molecule has 6 heteroatoms. The maximum absolute atomic E-state index is 12.3. The molecule has 0 fully saturated rings. The molecule has 0 aliphatic rings. The summed E-state index contributed by atoms with van der Waals surface area (Å²) < 4.78 is 10.4. The predicted octanol–water partition coefficient (Wildman–Crippen LogP) is 3.57. The first-order chi connectivity index (χ1) is 12.4. The maximum Gasteiger partial charge on any atom is 0.340 e. The lowest BCUT2D eigenvalue weighted by atomic mass is 10.1. The minimum absolute atomic E-state index is 0.0484. The molecule has 26 heavy (non-hydrogen) atoms. The van der Waals surface area contributed by atoms with Crippen molar-refractivity contribution in [3.63, 3.8) is 0 Å². The first kappa shape index (κ1) is 19.2. The molecular weight excluding hydrogens is 334 g/mol. The lowest BCUT2D eigenvalue weighted by Crippen LogP contribution is -2.13. The van der Waals surface area contributed by atoms with Crippen LogP contribution >= 0.6 is 0 Å². The third-order valence-electron chi connectivity index (χ3n) is 3.36. The van der Waals surface area contributed by atoms with Crippen molar-refractivity contribution in [1.29, 1.82) is 0 Å². The number of hydrogen-bond acceptors (Lipinski definition) is 5. The zero-order valence-corrected chi connectivity index (χ0v) is 14.9. The number of ether oxygens (including phenoxy) is 2. The molecule has 6 nitrogen and oxygen atoms in total. The molecule has 0 aliphatic heterocycles. The van der Waals surface area contributed by atoms with Crippen LogP contribution in [0.25, 0.3) is 0 Å². The van der Waals surface area contributed by atoms with Gasteiger partial charge in [0.2, 0.25) is 5.91 Å². The molecule has 2 rings (SSSR count). The molecule has 136 valence electrons. The van der Waals surface area contributed by atoms with Crippen molar-refractivity contribution in [3.8, 4) is 0 Å². The van der Waals surface area contributed by atoms with Crippen LogP contribution < -0.4 is 5.32 Å². The minimum atomic E-state index is -0.544. The van der Waals surface area contributed by atoms with Crippen LogP contribution in [-0.4, -0.2) is 23.9 Å². The Morgan fingerprint density at radius 3 is 2.23 bits per heavy atom. The maximum atomic E-state index is 12.3. The normalized spacial score (nSPS) is 10.3. The number of para-hydroxylation sites is 1. The monoisotopic (exact) mass is 355 g/mol. The van der Waals surface area contributed by atoms with Gasteiger partial charge in [-0.15, -0.1) is 0 Å². The molecule has 0 unspecified atom stereocenters. The molecule has 0 saturated heterocycles. The number of carbonyl (C=O) groups is 3. The summed E-state index contributed by atoms with van der Waals surface area (Å²) in [6, 6.07) is 13.3. The number of hydrogen-bond donors (Lipinski definition) is 1. The molecule has 0 aromatic heterocycles. The van der Waals surface area contributed by atoms with E-state index in [9.17, 15) is 14.4 Å². The fraction of sp³-hybridized carbons (Fsp3) is 0.250. The quantitative estimate of drug-likeness (QED) is 0.801. The summed E-state index contributed by atoms with van der Waals surface area (Å²) in [5.41, 5.74) is 1.85. The summed E-state index contributed by atoms with van der Waals surface area (Å²) in [7, 11) is 0. The SMILES string of the molecule is CC(=O)Nc1ccccc1C(=O)OCc1ccc(C(=O)OC(C)C)cc1. The van der Waals surface area contributed by atoms with Gasteiger partial charge in [0.1, 0.15) is 6.61 Å². The first-order valence-electron chi connectivity index (χ1n) is 8.20. The zero-order chi connectivity index (χ0) is 19.1. The van der Waals surface area contributed by atoms with Crippen LogP contribution in [-0.2, 0) is 20.9 Å². The summed E-state index contributed by atoms with van der Waals surface area (Å²) in [6.45, 7) is 4.98. The van der Waals surface area contributed by atoms with E-state index in [2.05, 4.69) is 5.32 Å². The number of amides is 1. The van der Waals surface area contributed by atoms with Crippen LogP contribution in [0, 0.1) is 0 Å². The average molecular weight is 355 g/mol. The van der Waals surface area contributed by atoms with Crippen LogP contribution in [0.4, 0.5) is 5.69 Å². The molecule has 0 spiro atoms. The van der Waals surface area contributed by atoms with Crippen molar-refractivity contribution in [2.75, 3.05) is 5.32 Å². The van der Waals surface area contributed by atoms with Gasteiger partial charge >= 0.3 is 11.9 Å². The topological polar surface area (TPSA) is 81.7 Å². The smallest absolute Gasteiger partial charge is 0.340 e. The van der Waals surface area contributed by atoms with Crippen LogP contribution in [0.2, 0.25) is 0 Å². The van der Waals surface area contributed by atoms with E-state index in [0.717, 1.165) is 5.56 Å². The number of nitrogens with one attached hydrogen (secondary N) is 1. The van der Waals surface area contributed by atoms with E-state index in [4.69, 9.17) is 9.47 Å². The average Bonchev–Trinajstić information content (AvgIpc) is 2.59. The number of rotatable bonds is 6. The largest absolute Gasteiger partial charge is 0.459 e. The minimum Gasteiger partial charge on any atom is -0.459 e. The molecule has 0 atom stereocenters. The number of anilines is 1. The molecule has 0 saturated carbocycles. The Bertz CT molecular complexity index is 796. The zero-order valence-electron chi connectivity index (χ0n) is 14.9. The standard InChI is InChI=1S/C20H21NO5/c1-13(2)26-19(23)16-10-8-15(9-11-16)12-25-20(24)17-6-4-5-7-18(17)21-14(3)22/h4-11,13H,12H2,1-3H3,(H,21,22). The predicted molar refractivity (Wildman–Crippen MR) is 96.9 cm³/mol. The Balaban J connectivity index is 2.00. The second kappa shape index (κ2) is 8.80. The second-order valence-electron chi connectivity index (χ2n) is 5.95. The van der Waals surface area contributed by atoms with Crippen LogP contribution in [0.5, 0.6) is 0 Å². The van der Waals surface area contributed by atoms with Gasteiger partial charge in [-0.25, -0.2) is 9.59 Å². The van der Waals surface area contributed by atoms with Crippen molar-refractivity contribution in [3.05, 3.63) is 65.2 Å². The van der Waals surface area contributed by atoms with Gasteiger partial charge in [-0.2, -0.15) is 0 Å². The lowest BCUT2D eigenvalue weighted by molar-refractivity contribution is -0.114. The molecule has 0 bridgehead atoms. The van der Waals surface area contributed by atoms with Crippen molar-refractivity contribution in [2.45, 2.75) is 33.5 Å². The fourth-order valence-electron chi connectivity index (χ4n) is 2.21. The van der Waals surface area contributed by atoms with Gasteiger partial charge in [0.05, 0.1) is 22.9 Å². The summed E-state index contributed by atoms with van der Waals surface area (Å²) in [5.74, 6) is -1.21. The number of carbonyl (C=O) groups excluding carboxylic acids is 3. The highest BCUT2D eigenvalue weighted by Gasteiger charge is 2.14. The van der Waals surface area contributed by atoms with E-state index in [1.807, 2.05) is 0 Å². The van der Waals surface area contributed by atoms with E-state index in [1.165, 1.54) is 6.92 Å². The van der Waals surface area contributed by atoms with Gasteiger partial charge in [0, 0.05) is 6.92 Å². The Hall–Kier alpha value is -3.15. The molecule has 0 heterocycles. The summed E-state index contributed by atoms with van der Waals surface area (Å²) in [6.07, 6.45) is -0.188. The van der Waals surface area contributed by atoms with E-state index in [-0.39, 0.29) is 24.2 Å². The van der Waals surface area contributed by atoms with E-state index < -0.39 is 11.9 Å². The molecule has 0 aliphatic carbocycles. The van der Waals surface area contributed by atoms with Gasteiger partial charge in [-0.3, -0.25) is 4.79 Å². The molecule has 2 aromatic rings. The molecular formula is C20H21NO5. The second-order valence-corrected chi connectivity index (χ2v) is 5.95. The Morgan fingerprint density at radius 2 is 1.62 bits per heavy atom. The molecule has 1 N–H and O–H groups in total. The van der Waals surface area contributed by atoms with E-state index in [0.29, 0.717) is 11.3 Å². The highest BCUT2D eigenvalue weighted by molar-refractivity contribution is 6.00. The molecule has 0 radical (unpaired) electrons. The van der Waals surface area contributed by atoms with Crippen LogP contribution in [0.15, 0.2) is 48.5 Å². The van der Waals surface area contributed by atoms with Gasteiger partial charge < -0.3 is 14.8 Å². The van der Waals surface area contributed by atoms with Crippen molar-refractivity contribution < 1.29 is 23.9 Å².